The van der Waals surface area contributed by atoms with E-state index in [4.69, 9.17) is 0 Å². The number of nitrogens with zero attached hydrogens (tertiary/aromatic N) is 2. The molecule has 0 bridgehead atoms. The van der Waals surface area contributed by atoms with Crippen molar-refractivity contribution in [1.29, 1.82) is 0 Å². The van der Waals surface area contributed by atoms with Crippen LogP contribution in [0.4, 0.5) is 8.78 Å². The van der Waals surface area contributed by atoms with Gasteiger partial charge in [0.25, 0.3) is 5.56 Å². The minimum atomic E-state index is -0.460. The van der Waals surface area contributed by atoms with E-state index in [1.165, 1.54) is 17.8 Å². The van der Waals surface area contributed by atoms with E-state index in [1.54, 1.807) is 0 Å². The van der Waals surface area contributed by atoms with Gasteiger partial charge >= 0.3 is 0 Å². The molecule has 22 heavy (non-hydrogen) atoms. The van der Waals surface area contributed by atoms with Gasteiger partial charge in [-0.3, -0.25) is 9.69 Å². The van der Waals surface area contributed by atoms with Gasteiger partial charge in [-0.25, -0.2) is 13.8 Å². The maximum absolute atomic E-state index is 13.7. The van der Waals surface area contributed by atoms with Crippen LogP contribution in [0.5, 0.6) is 0 Å². The zero-order valence-electron chi connectivity index (χ0n) is 12.0. The van der Waals surface area contributed by atoms with Gasteiger partial charge in [0.2, 0.25) is 0 Å². The van der Waals surface area contributed by atoms with Crippen LogP contribution in [0.1, 0.15) is 16.8 Å². The Morgan fingerprint density at radius 1 is 1.41 bits per heavy atom. The van der Waals surface area contributed by atoms with Crippen molar-refractivity contribution in [3.05, 3.63) is 57.0 Å². The van der Waals surface area contributed by atoms with Crippen LogP contribution >= 0.6 is 11.8 Å². The van der Waals surface area contributed by atoms with Crippen LogP contribution in [0.15, 0.2) is 28.2 Å². The minimum Gasteiger partial charge on any atom is -0.301 e. The molecule has 1 aromatic carbocycles. The lowest BCUT2D eigenvalue weighted by molar-refractivity contribution is 0.237. The first-order chi connectivity index (χ1) is 10.6. The molecule has 2 heterocycles. The molecular formula is C15H15F2N3OS. The maximum Gasteiger partial charge on any atom is 0.256 e. The molecule has 0 saturated heterocycles. The first-order valence-corrected chi connectivity index (χ1v) is 8.11. The molecule has 4 nitrogen and oxygen atoms in total. The van der Waals surface area contributed by atoms with Crippen LogP contribution in [0.2, 0.25) is 0 Å². The Labute approximate surface area is 130 Å². The maximum atomic E-state index is 13.7. The number of halogens is 2. The molecule has 0 unspecified atom stereocenters. The third-order valence-electron chi connectivity index (χ3n) is 3.72. The second kappa shape index (κ2) is 6.18. The monoisotopic (exact) mass is 323 g/mol. The fraction of sp³-hybridized carbons (Fsp3) is 0.333. The number of nitrogens with one attached hydrogen (secondary N) is 1. The topological polar surface area (TPSA) is 49.0 Å². The van der Waals surface area contributed by atoms with Gasteiger partial charge in [0.05, 0.1) is 11.3 Å². The van der Waals surface area contributed by atoms with Gasteiger partial charge in [-0.2, -0.15) is 0 Å². The molecule has 0 spiro atoms. The van der Waals surface area contributed by atoms with E-state index < -0.39 is 11.6 Å². The fourth-order valence-electron chi connectivity index (χ4n) is 2.60. The average Bonchev–Trinajstić information content (AvgIpc) is 2.51. The average molecular weight is 323 g/mol. The summed E-state index contributed by atoms with van der Waals surface area (Å²) < 4.78 is 27.0. The largest absolute Gasteiger partial charge is 0.301 e. The number of benzene rings is 1. The smallest absolute Gasteiger partial charge is 0.256 e. The van der Waals surface area contributed by atoms with Crippen LogP contribution in [0.3, 0.4) is 0 Å². The zero-order valence-corrected chi connectivity index (χ0v) is 12.8. The summed E-state index contributed by atoms with van der Waals surface area (Å²) >= 11 is 1.39. The summed E-state index contributed by atoms with van der Waals surface area (Å²) in [6.07, 6.45) is 2.48. The van der Waals surface area contributed by atoms with E-state index in [0.717, 1.165) is 17.8 Å². The van der Waals surface area contributed by atoms with Crippen molar-refractivity contribution in [3.63, 3.8) is 0 Å². The number of fused-ring (bicyclic) bond motifs is 1. The fourth-order valence-corrected chi connectivity index (χ4v) is 2.99. The Kier molecular flexibility index (Phi) is 4.26. The van der Waals surface area contributed by atoms with Crippen molar-refractivity contribution in [1.82, 2.24) is 14.9 Å². The lowest BCUT2D eigenvalue weighted by Crippen LogP contribution is -2.35. The Bertz CT molecular complexity index is 763. The van der Waals surface area contributed by atoms with Crippen molar-refractivity contribution >= 4 is 11.8 Å². The molecular weight excluding hydrogens is 308 g/mol. The number of hydrogen-bond donors (Lipinski definition) is 1. The molecule has 1 N–H and O–H groups in total. The number of hydrogen-bond acceptors (Lipinski definition) is 4. The summed E-state index contributed by atoms with van der Waals surface area (Å²) in [4.78, 5) is 21.2. The molecule has 3 rings (SSSR count). The molecule has 7 heteroatoms. The lowest BCUT2D eigenvalue weighted by Gasteiger charge is -2.27. The highest BCUT2D eigenvalue weighted by molar-refractivity contribution is 7.98. The minimum absolute atomic E-state index is 0.154. The van der Waals surface area contributed by atoms with Crippen molar-refractivity contribution in [2.75, 3.05) is 12.8 Å². The van der Waals surface area contributed by atoms with Gasteiger partial charge in [-0.1, -0.05) is 11.8 Å². The van der Waals surface area contributed by atoms with Crippen molar-refractivity contribution in [2.45, 2.75) is 24.7 Å². The van der Waals surface area contributed by atoms with Gasteiger partial charge in [0.15, 0.2) is 5.16 Å². The molecule has 1 aliphatic heterocycles. The zero-order chi connectivity index (χ0) is 15.7. The normalized spacial score (nSPS) is 14.9. The highest BCUT2D eigenvalue weighted by Gasteiger charge is 2.22. The molecule has 0 amide bonds. The Balaban J connectivity index is 1.83. The summed E-state index contributed by atoms with van der Waals surface area (Å²) in [5.41, 5.74) is 1.55. The van der Waals surface area contributed by atoms with Crippen LogP contribution < -0.4 is 5.56 Å². The summed E-state index contributed by atoms with van der Waals surface area (Å²) in [6, 6.07) is 3.43. The molecule has 1 aliphatic rings. The molecule has 116 valence electrons. The summed E-state index contributed by atoms with van der Waals surface area (Å²) in [5, 5.41) is 0.605. The molecule has 1 aromatic heterocycles. The Morgan fingerprint density at radius 3 is 3.00 bits per heavy atom. The van der Waals surface area contributed by atoms with Crippen LogP contribution in [-0.2, 0) is 19.5 Å². The predicted octanol–water partition coefficient (Wildman–Crippen LogP) is 2.33. The molecule has 0 atom stereocenters. The molecule has 0 aliphatic carbocycles. The number of aromatic nitrogens is 2. The Morgan fingerprint density at radius 2 is 2.23 bits per heavy atom. The van der Waals surface area contributed by atoms with Gasteiger partial charge in [0, 0.05) is 31.6 Å². The molecule has 0 radical (unpaired) electrons. The summed E-state index contributed by atoms with van der Waals surface area (Å²) in [7, 11) is 0. The Hall–Kier alpha value is -1.73. The van der Waals surface area contributed by atoms with Crippen molar-refractivity contribution in [2.24, 2.45) is 0 Å². The highest BCUT2D eigenvalue weighted by Crippen LogP contribution is 2.19. The van der Waals surface area contributed by atoms with Gasteiger partial charge in [0.1, 0.15) is 11.6 Å². The van der Waals surface area contributed by atoms with Crippen molar-refractivity contribution < 1.29 is 8.78 Å². The third kappa shape index (κ3) is 3.05. The van der Waals surface area contributed by atoms with E-state index >= 15 is 0 Å². The molecule has 0 saturated carbocycles. The quantitative estimate of drug-likeness (QED) is 0.696. The van der Waals surface area contributed by atoms with Gasteiger partial charge in [-0.15, -0.1) is 0 Å². The predicted molar refractivity (Wildman–Crippen MR) is 80.8 cm³/mol. The first kappa shape index (κ1) is 15.2. The second-order valence-corrected chi connectivity index (χ2v) is 5.99. The summed E-state index contributed by atoms with van der Waals surface area (Å²) in [5.74, 6) is -0.894. The SMILES string of the molecule is CSc1nc2c(c(=O)[nH]1)CN(Cc1cc(F)ccc1F)CC2. The van der Waals surface area contributed by atoms with Gasteiger partial charge < -0.3 is 4.98 Å². The number of thioether (sulfide) groups is 1. The highest BCUT2D eigenvalue weighted by atomic mass is 32.2. The van der Waals surface area contributed by atoms with Crippen LogP contribution in [0, 0.1) is 11.6 Å². The number of H-pyrrole nitrogens is 1. The summed E-state index contributed by atoms with van der Waals surface area (Å²) in [6.45, 7) is 1.32. The van der Waals surface area contributed by atoms with E-state index in [9.17, 15) is 13.6 Å². The molecule has 2 aromatic rings. The number of aromatic amines is 1. The van der Waals surface area contributed by atoms with Crippen molar-refractivity contribution in [3.8, 4) is 0 Å². The second-order valence-electron chi connectivity index (χ2n) is 5.20. The molecule has 0 fully saturated rings. The van der Waals surface area contributed by atoms with E-state index in [-0.39, 0.29) is 12.1 Å². The van der Waals surface area contributed by atoms with E-state index in [0.29, 0.717) is 35.8 Å². The standard InChI is InChI=1S/C15H15F2N3OS/c1-22-15-18-13-4-5-20(8-11(13)14(21)19-15)7-9-6-10(16)2-3-12(9)17/h2-3,6H,4-5,7-8H2,1H3,(H,18,19,21). The van der Waals surface area contributed by atoms with E-state index in [1.807, 2.05) is 11.2 Å². The van der Waals surface area contributed by atoms with E-state index in [2.05, 4.69) is 9.97 Å². The van der Waals surface area contributed by atoms with Gasteiger partial charge in [-0.05, 0) is 24.5 Å². The van der Waals surface area contributed by atoms with Crippen LogP contribution in [0.25, 0.3) is 0 Å². The number of rotatable bonds is 3. The first-order valence-electron chi connectivity index (χ1n) is 6.89. The van der Waals surface area contributed by atoms with Crippen LogP contribution in [-0.4, -0.2) is 27.7 Å². The lowest BCUT2D eigenvalue weighted by atomic mass is 10.1. The third-order valence-corrected chi connectivity index (χ3v) is 4.30.